The topological polar surface area (TPSA) is 57.8 Å². The van der Waals surface area contributed by atoms with E-state index in [2.05, 4.69) is 15.5 Å². The number of aryl methyl sites for hydroxylation is 1. The highest BCUT2D eigenvalue weighted by atomic mass is 19.3. The fourth-order valence-corrected chi connectivity index (χ4v) is 0.845. The molecule has 0 aliphatic carbocycles. The van der Waals surface area contributed by atoms with Gasteiger partial charge in [0.15, 0.2) is 0 Å². The molecule has 1 heterocycles. The zero-order valence-corrected chi connectivity index (χ0v) is 6.97. The van der Waals surface area contributed by atoms with Gasteiger partial charge in [0.25, 0.3) is 12.3 Å². The number of aromatic nitrogens is 2. The zero-order valence-electron chi connectivity index (χ0n) is 6.97. The van der Waals surface area contributed by atoms with Crippen LogP contribution in [0.5, 0.6) is 0 Å². The molecule has 0 unspecified atom stereocenters. The van der Waals surface area contributed by atoms with Crippen molar-refractivity contribution in [3.05, 3.63) is 17.5 Å². The Morgan fingerprint density at radius 1 is 1.77 bits per heavy atom. The molecule has 1 aromatic rings. The Kier molecular flexibility index (Phi) is 2.94. The molecule has 0 atom stereocenters. The van der Waals surface area contributed by atoms with E-state index in [0.717, 1.165) is 0 Å². The van der Waals surface area contributed by atoms with Crippen molar-refractivity contribution in [2.45, 2.75) is 13.3 Å². The number of H-pyrrole nitrogens is 1. The third-order valence-corrected chi connectivity index (χ3v) is 1.49. The van der Waals surface area contributed by atoms with E-state index < -0.39 is 18.9 Å². The smallest absolute Gasteiger partial charge is 0.255 e. The Bertz CT molecular complexity index is 298. The minimum Gasteiger partial charge on any atom is -0.346 e. The first-order valence-electron chi connectivity index (χ1n) is 3.67. The van der Waals surface area contributed by atoms with Crippen LogP contribution in [0.2, 0.25) is 0 Å². The Labute approximate surface area is 73.3 Å². The average molecular weight is 189 g/mol. The first-order valence-corrected chi connectivity index (χ1v) is 3.67. The molecule has 13 heavy (non-hydrogen) atoms. The monoisotopic (exact) mass is 189 g/mol. The summed E-state index contributed by atoms with van der Waals surface area (Å²) in [5.41, 5.74) is 0.854. The minimum atomic E-state index is -2.53. The maximum absolute atomic E-state index is 11.7. The number of nitrogens with zero attached hydrogens (tertiary/aromatic N) is 1. The standard InChI is InChI=1S/C7H9F2N3O/c1-4-5(2-11-12-4)7(13)10-3-6(8)9/h2,6H,3H2,1H3,(H,10,13)(H,11,12). The number of amides is 1. The SMILES string of the molecule is Cc1[nH]ncc1C(=O)NCC(F)F. The zero-order chi connectivity index (χ0) is 9.84. The van der Waals surface area contributed by atoms with Gasteiger partial charge in [-0.1, -0.05) is 0 Å². The lowest BCUT2D eigenvalue weighted by Crippen LogP contribution is -2.28. The number of halogens is 2. The van der Waals surface area contributed by atoms with Crippen molar-refractivity contribution in [2.75, 3.05) is 6.54 Å². The van der Waals surface area contributed by atoms with Gasteiger partial charge in [-0.25, -0.2) is 8.78 Å². The maximum atomic E-state index is 11.7. The average Bonchev–Trinajstić information content (AvgIpc) is 2.47. The number of carbonyl (C=O) groups is 1. The van der Waals surface area contributed by atoms with E-state index in [1.54, 1.807) is 6.92 Å². The molecule has 2 N–H and O–H groups in total. The van der Waals surface area contributed by atoms with E-state index >= 15 is 0 Å². The molecule has 72 valence electrons. The molecular weight excluding hydrogens is 180 g/mol. The van der Waals surface area contributed by atoms with E-state index in [4.69, 9.17) is 0 Å². The Hall–Kier alpha value is -1.46. The highest BCUT2D eigenvalue weighted by Crippen LogP contribution is 2.01. The molecule has 4 nitrogen and oxygen atoms in total. The van der Waals surface area contributed by atoms with Crippen LogP contribution in [-0.2, 0) is 0 Å². The molecule has 0 bridgehead atoms. The van der Waals surface area contributed by atoms with Crippen molar-refractivity contribution in [1.82, 2.24) is 15.5 Å². The minimum absolute atomic E-state index is 0.292. The fourth-order valence-electron chi connectivity index (χ4n) is 0.845. The lowest BCUT2D eigenvalue weighted by atomic mass is 10.2. The highest BCUT2D eigenvalue weighted by molar-refractivity contribution is 5.94. The van der Waals surface area contributed by atoms with Crippen molar-refractivity contribution in [3.8, 4) is 0 Å². The summed E-state index contributed by atoms with van der Waals surface area (Å²) in [7, 11) is 0. The quantitative estimate of drug-likeness (QED) is 0.735. The molecule has 0 aliphatic heterocycles. The molecule has 1 rings (SSSR count). The van der Waals surface area contributed by atoms with Gasteiger partial charge in [0.1, 0.15) is 0 Å². The second-order valence-electron chi connectivity index (χ2n) is 2.51. The second kappa shape index (κ2) is 3.97. The van der Waals surface area contributed by atoms with Gasteiger partial charge in [-0.2, -0.15) is 5.10 Å². The number of hydrogen-bond acceptors (Lipinski definition) is 2. The van der Waals surface area contributed by atoms with Crippen LogP contribution < -0.4 is 5.32 Å². The van der Waals surface area contributed by atoms with Crippen LogP contribution >= 0.6 is 0 Å². The van der Waals surface area contributed by atoms with Crippen LogP contribution in [0.15, 0.2) is 6.20 Å². The molecule has 0 saturated carbocycles. The molecule has 1 aromatic heterocycles. The van der Waals surface area contributed by atoms with Crippen LogP contribution in [0.4, 0.5) is 8.78 Å². The first-order chi connectivity index (χ1) is 6.11. The molecular formula is C7H9F2N3O. The van der Waals surface area contributed by atoms with Crippen molar-refractivity contribution in [2.24, 2.45) is 0 Å². The number of hydrogen-bond donors (Lipinski definition) is 2. The van der Waals surface area contributed by atoms with Crippen molar-refractivity contribution in [3.63, 3.8) is 0 Å². The van der Waals surface area contributed by atoms with Gasteiger partial charge in [-0.05, 0) is 6.92 Å². The van der Waals surface area contributed by atoms with Crippen LogP contribution in [0.25, 0.3) is 0 Å². The lowest BCUT2D eigenvalue weighted by Gasteiger charge is -2.02. The predicted molar refractivity (Wildman–Crippen MR) is 41.7 cm³/mol. The molecule has 0 saturated heterocycles. The van der Waals surface area contributed by atoms with Crippen LogP contribution in [0.3, 0.4) is 0 Å². The summed E-state index contributed by atoms with van der Waals surface area (Å²) < 4.78 is 23.4. The number of carbonyl (C=O) groups excluding carboxylic acids is 1. The summed E-state index contributed by atoms with van der Waals surface area (Å²) in [6.45, 7) is 1.01. The van der Waals surface area contributed by atoms with E-state index in [0.29, 0.717) is 11.3 Å². The number of rotatable bonds is 3. The van der Waals surface area contributed by atoms with Gasteiger partial charge in [-0.3, -0.25) is 9.89 Å². The summed E-state index contributed by atoms with van der Waals surface area (Å²) in [6.07, 6.45) is -1.23. The van der Waals surface area contributed by atoms with Crippen LogP contribution in [0, 0.1) is 6.92 Å². The van der Waals surface area contributed by atoms with Crippen molar-refractivity contribution >= 4 is 5.91 Å². The number of alkyl halides is 2. The molecule has 0 fully saturated rings. The predicted octanol–water partition coefficient (Wildman–Crippen LogP) is 0.713. The lowest BCUT2D eigenvalue weighted by molar-refractivity contribution is 0.0891. The van der Waals surface area contributed by atoms with Gasteiger partial charge in [0, 0.05) is 5.69 Å². The van der Waals surface area contributed by atoms with Crippen LogP contribution in [-0.4, -0.2) is 29.1 Å². The van der Waals surface area contributed by atoms with E-state index in [-0.39, 0.29) is 0 Å². The summed E-state index contributed by atoms with van der Waals surface area (Å²) >= 11 is 0. The van der Waals surface area contributed by atoms with E-state index in [1.165, 1.54) is 6.20 Å². The number of nitrogens with one attached hydrogen (secondary N) is 2. The normalized spacial score (nSPS) is 10.5. The first kappa shape index (κ1) is 9.63. The summed E-state index contributed by atoms with van der Waals surface area (Å²) in [5.74, 6) is -0.536. The van der Waals surface area contributed by atoms with Crippen molar-refractivity contribution < 1.29 is 13.6 Å². The Balaban J connectivity index is 2.54. The second-order valence-corrected chi connectivity index (χ2v) is 2.51. The van der Waals surface area contributed by atoms with Gasteiger partial charge in [-0.15, -0.1) is 0 Å². The molecule has 0 spiro atoms. The van der Waals surface area contributed by atoms with Gasteiger partial charge in [0.2, 0.25) is 0 Å². The van der Waals surface area contributed by atoms with Crippen LogP contribution in [0.1, 0.15) is 16.1 Å². The Morgan fingerprint density at radius 3 is 2.92 bits per heavy atom. The third kappa shape index (κ3) is 2.50. The van der Waals surface area contributed by atoms with E-state index in [1.807, 2.05) is 0 Å². The molecule has 0 aromatic carbocycles. The van der Waals surface area contributed by atoms with Gasteiger partial charge < -0.3 is 5.32 Å². The Morgan fingerprint density at radius 2 is 2.46 bits per heavy atom. The fraction of sp³-hybridized carbons (Fsp3) is 0.429. The highest BCUT2D eigenvalue weighted by Gasteiger charge is 2.11. The van der Waals surface area contributed by atoms with Gasteiger partial charge >= 0.3 is 0 Å². The third-order valence-electron chi connectivity index (χ3n) is 1.49. The number of aromatic amines is 1. The van der Waals surface area contributed by atoms with Gasteiger partial charge in [0.05, 0.1) is 18.3 Å². The summed E-state index contributed by atoms with van der Waals surface area (Å²) in [6, 6.07) is 0. The summed E-state index contributed by atoms with van der Waals surface area (Å²) in [5, 5.41) is 8.21. The van der Waals surface area contributed by atoms with E-state index in [9.17, 15) is 13.6 Å². The summed E-state index contributed by atoms with van der Waals surface area (Å²) in [4.78, 5) is 11.1. The molecule has 1 amide bonds. The van der Waals surface area contributed by atoms with Crippen molar-refractivity contribution in [1.29, 1.82) is 0 Å². The largest absolute Gasteiger partial charge is 0.346 e. The molecule has 0 aliphatic rings. The maximum Gasteiger partial charge on any atom is 0.255 e. The molecule has 0 radical (unpaired) electrons. The molecule has 6 heteroatoms.